The molecule has 19 heteroatoms. The highest BCUT2D eigenvalue weighted by molar-refractivity contribution is 6.25. The largest absolute Gasteiger partial charge is 0.496 e. The summed E-state index contributed by atoms with van der Waals surface area (Å²) in [6.07, 6.45) is 6.89. The average Bonchev–Trinajstić information content (AvgIpc) is 4.14. The fraction of sp³-hybridized carbons (Fsp3) is 0.471. The van der Waals surface area contributed by atoms with Crippen LogP contribution in [-0.2, 0) is 52.7 Å². The van der Waals surface area contributed by atoms with Crippen molar-refractivity contribution in [1.29, 1.82) is 0 Å². The van der Waals surface area contributed by atoms with Crippen LogP contribution in [0.15, 0.2) is 54.7 Å². The second-order valence-electron chi connectivity index (χ2n) is 17.5. The smallest absolute Gasteiger partial charge is 0.264 e. The van der Waals surface area contributed by atoms with E-state index in [1.54, 1.807) is 37.4 Å². The number of imidazole rings is 1. The number of aromatic nitrogens is 2. The van der Waals surface area contributed by atoms with Gasteiger partial charge < -0.3 is 48.9 Å². The monoisotopic (exact) mass is 963 g/mol. The SMILES string of the molecule is COc1cc(C(=O)N[C@@H]2CCc3ccc(-c4cn5c(n4)CCC5)cc32)cc(OCCCNC(=O)CCOCCOCCOCCOCCNc2cccc3c2C(=O)N(C2CCC(=O)NC2=O)C3=O)c1C. The number of rotatable bonds is 26. The van der Waals surface area contributed by atoms with E-state index in [0.717, 1.165) is 65.3 Å². The van der Waals surface area contributed by atoms with Crippen molar-refractivity contribution in [3.8, 4) is 22.8 Å². The molecule has 0 saturated carbocycles. The second-order valence-corrected chi connectivity index (χ2v) is 17.5. The molecule has 8 rings (SSSR count). The fourth-order valence-corrected chi connectivity index (χ4v) is 9.12. The normalized spacial score (nSPS) is 17.0. The number of imide groups is 2. The molecule has 1 unspecified atom stereocenters. The molecular weight excluding hydrogens is 903 g/mol. The molecule has 4 N–H and O–H groups in total. The van der Waals surface area contributed by atoms with Crippen molar-refractivity contribution in [3.63, 3.8) is 0 Å². The highest BCUT2D eigenvalue weighted by Crippen LogP contribution is 2.37. The van der Waals surface area contributed by atoms with Crippen molar-refractivity contribution in [2.75, 3.05) is 85.0 Å². The Hall–Kier alpha value is -6.67. The summed E-state index contributed by atoms with van der Waals surface area (Å²) in [6.45, 7) is 6.67. The molecule has 6 amide bonds. The number of fused-ring (bicyclic) bond motifs is 3. The first-order valence-corrected chi connectivity index (χ1v) is 24.1. The van der Waals surface area contributed by atoms with E-state index in [2.05, 4.69) is 50.2 Å². The average molecular weight is 964 g/mol. The number of nitrogens with one attached hydrogen (secondary N) is 4. The summed E-state index contributed by atoms with van der Waals surface area (Å²) in [4.78, 5) is 82.0. The summed E-state index contributed by atoms with van der Waals surface area (Å²) >= 11 is 0. The maximum absolute atomic E-state index is 13.7. The van der Waals surface area contributed by atoms with Gasteiger partial charge in [0.2, 0.25) is 17.7 Å². The molecule has 4 aromatic rings. The van der Waals surface area contributed by atoms with Crippen molar-refractivity contribution >= 4 is 41.1 Å². The first-order valence-electron chi connectivity index (χ1n) is 24.1. The molecule has 1 aromatic heterocycles. The number of anilines is 1. The lowest BCUT2D eigenvalue weighted by molar-refractivity contribution is -0.136. The van der Waals surface area contributed by atoms with Gasteiger partial charge in [-0.05, 0) is 80.5 Å². The molecule has 4 aliphatic rings. The zero-order valence-electron chi connectivity index (χ0n) is 39.7. The van der Waals surface area contributed by atoms with Crippen molar-refractivity contribution in [2.24, 2.45) is 0 Å². The van der Waals surface area contributed by atoms with Gasteiger partial charge >= 0.3 is 0 Å². The number of nitrogens with zero attached hydrogens (tertiary/aromatic N) is 3. The minimum atomic E-state index is -1.03. The summed E-state index contributed by atoms with van der Waals surface area (Å²) in [7, 11) is 1.57. The molecule has 372 valence electrons. The standard InChI is InChI=1S/C51H61N7O12/c1-32-42(65-2)29-35(48(61)55-38-12-11-33-9-10-34(28-37(33)38)40-31-57-18-4-8-44(57)54-40)30-43(32)70-19-5-16-53-45(59)15-20-66-22-24-68-26-27-69-25-23-67-21-17-52-39-7-3-6-36-47(39)51(64)58(50(36)63)41-13-14-46(60)56-49(41)62/h3,6-7,9-10,28-31,38,41,52H,4-5,8,11-27H2,1-2H3,(H,53,59)(H,55,61)(H,56,60,62)/t38-,41?/m1/s1. The summed E-state index contributed by atoms with van der Waals surface area (Å²) in [5.74, 6) is -0.316. The molecule has 3 aliphatic heterocycles. The van der Waals surface area contributed by atoms with Gasteiger partial charge in [-0.2, -0.15) is 0 Å². The van der Waals surface area contributed by atoms with Crippen LogP contribution in [0.2, 0.25) is 0 Å². The Morgan fingerprint density at radius 2 is 1.57 bits per heavy atom. The van der Waals surface area contributed by atoms with Gasteiger partial charge in [0.25, 0.3) is 17.7 Å². The van der Waals surface area contributed by atoms with E-state index in [1.165, 1.54) is 5.56 Å². The van der Waals surface area contributed by atoms with Crippen LogP contribution >= 0.6 is 0 Å². The van der Waals surface area contributed by atoms with Gasteiger partial charge in [-0.3, -0.25) is 39.0 Å². The Kier molecular flexibility index (Phi) is 16.9. The van der Waals surface area contributed by atoms with Gasteiger partial charge in [0.1, 0.15) is 23.4 Å². The molecule has 1 saturated heterocycles. The lowest BCUT2D eigenvalue weighted by atomic mass is 10.0. The zero-order valence-corrected chi connectivity index (χ0v) is 39.7. The van der Waals surface area contributed by atoms with Gasteiger partial charge in [0.05, 0.1) is 89.4 Å². The first kappa shape index (κ1) is 49.7. The van der Waals surface area contributed by atoms with Crippen LogP contribution in [0.1, 0.15) is 98.2 Å². The Morgan fingerprint density at radius 3 is 2.33 bits per heavy atom. The molecule has 0 radical (unpaired) electrons. The van der Waals surface area contributed by atoms with Crippen LogP contribution in [0.25, 0.3) is 11.3 Å². The van der Waals surface area contributed by atoms with Crippen molar-refractivity contribution in [1.82, 2.24) is 30.4 Å². The van der Waals surface area contributed by atoms with Crippen LogP contribution in [0.3, 0.4) is 0 Å². The topological polar surface area (TPSA) is 227 Å². The Bertz CT molecular complexity index is 2560. The lowest BCUT2D eigenvalue weighted by Gasteiger charge is -2.27. The Labute approximate surface area is 406 Å². The number of carbonyl (C=O) groups is 6. The van der Waals surface area contributed by atoms with Crippen LogP contribution < -0.4 is 30.7 Å². The number of methoxy groups -OCH3 is 1. The molecule has 2 atom stereocenters. The quantitative estimate of drug-likeness (QED) is 0.0514. The van der Waals surface area contributed by atoms with Crippen molar-refractivity contribution in [3.05, 3.63) is 93.9 Å². The molecular formula is C51H61N7O12. The number of hydrogen-bond donors (Lipinski definition) is 4. The van der Waals surface area contributed by atoms with Gasteiger partial charge in [-0.1, -0.05) is 18.2 Å². The van der Waals surface area contributed by atoms with E-state index >= 15 is 0 Å². The molecule has 0 bridgehead atoms. The second kappa shape index (κ2) is 23.8. The van der Waals surface area contributed by atoms with Crippen LogP contribution in [0.4, 0.5) is 5.69 Å². The van der Waals surface area contributed by atoms with E-state index in [9.17, 15) is 28.8 Å². The van der Waals surface area contributed by atoms with Crippen LogP contribution in [0.5, 0.6) is 11.5 Å². The highest BCUT2D eigenvalue weighted by Gasteiger charge is 2.45. The number of amides is 6. The van der Waals surface area contributed by atoms with E-state index in [-0.39, 0.29) is 54.9 Å². The molecule has 0 spiro atoms. The molecule has 1 aliphatic carbocycles. The van der Waals surface area contributed by atoms with E-state index < -0.39 is 29.7 Å². The molecule has 3 aromatic carbocycles. The maximum Gasteiger partial charge on any atom is 0.264 e. The lowest BCUT2D eigenvalue weighted by Crippen LogP contribution is -2.54. The summed E-state index contributed by atoms with van der Waals surface area (Å²) in [5, 5.41) is 11.5. The number of ether oxygens (including phenoxy) is 6. The van der Waals surface area contributed by atoms with Gasteiger partial charge in [-0.25, -0.2) is 4.98 Å². The van der Waals surface area contributed by atoms with Crippen molar-refractivity contribution in [2.45, 2.75) is 76.9 Å². The molecule has 19 nitrogen and oxygen atoms in total. The minimum absolute atomic E-state index is 0.0531. The Morgan fingerprint density at radius 1 is 0.814 bits per heavy atom. The van der Waals surface area contributed by atoms with Gasteiger partial charge in [0.15, 0.2) is 0 Å². The third-order valence-electron chi connectivity index (χ3n) is 12.8. The molecule has 1 fully saturated rings. The highest BCUT2D eigenvalue weighted by atomic mass is 16.6. The van der Waals surface area contributed by atoms with Crippen LogP contribution in [0, 0.1) is 6.92 Å². The van der Waals surface area contributed by atoms with E-state index in [1.807, 2.05) is 6.92 Å². The van der Waals surface area contributed by atoms with Gasteiger partial charge in [-0.15, -0.1) is 0 Å². The fourth-order valence-electron chi connectivity index (χ4n) is 9.12. The molecule has 70 heavy (non-hydrogen) atoms. The number of benzene rings is 3. The van der Waals surface area contributed by atoms with Crippen molar-refractivity contribution < 1.29 is 57.2 Å². The van der Waals surface area contributed by atoms with E-state index in [0.29, 0.717) is 95.1 Å². The summed E-state index contributed by atoms with van der Waals surface area (Å²) in [5.41, 5.74) is 6.49. The predicted molar refractivity (Wildman–Crippen MR) is 255 cm³/mol. The number of carbonyl (C=O) groups excluding carboxylic acids is 6. The zero-order chi connectivity index (χ0) is 49.0. The number of aryl methyl sites for hydroxylation is 3. The van der Waals surface area contributed by atoms with Gasteiger partial charge in [0, 0.05) is 67.5 Å². The summed E-state index contributed by atoms with van der Waals surface area (Å²) < 4.78 is 36.2. The number of piperidine rings is 1. The Balaban J connectivity index is 0.636. The first-order chi connectivity index (χ1) is 34.1. The molecule has 4 heterocycles. The third-order valence-corrected chi connectivity index (χ3v) is 12.8. The number of hydrogen-bond acceptors (Lipinski definition) is 14. The predicted octanol–water partition coefficient (Wildman–Crippen LogP) is 4.09. The third kappa shape index (κ3) is 12.0. The van der Waals surface area contributed by atoms with E-state index in [4.69, 9.17) is 33.4 Å². The maximum atomic E-state index is 13.7. The van der Waals surface area contributed by atoms with Crippen LogP contribution in [-0.4, -0.2) is 136 Å². The minimum Gasteiger partial charge on any atom is -0.496 e. The summed E-state index contributed by atoms with van der Waals surface area (Å²) in [6, 6.07) is 13.7.